The van der Waals surface area contributed by atoms with E-state index in [0.717, 1.165) is 23.4 Å². The molecule has 0 saturated carbocycles. The Morgan fingerprint density at radius 3 is 2.48 bits per heavy atom. The second-order valence-corrected chi connectivity index (χ2v) is 7.95. The molecule has 5 nitrogen and oxygen atoms in total. The zero-order chi connectivity index (χ0) is 20.5. The highest BCUT2D eigenvalue weighted by Gasteiger charge is 2.21. The number of hydrogen-bond acceptors (Lipinski definition) is 5. The van der Waals surface area contributed by atoms with E-state index in [9.17, 15) is 14.0 Å². The Morgan fingerprint density at radius 2 is 1.72 bits per heavy atom. The summed E-state index contributed by atoms with van der Waals surface area (Å²) in [5.41, 5.74) is 0.965. The fraction of sp³-hybridized carbons (Fsp3) is 0.364. The van der Waals surface area contributed by atoms with Crippen molar-refractivity contribution in [3.05, 3.63) is 66.0 Å². The van der Waals surface area contributed by atoms with E-state index in [2.05, 4.69) is 0 Å². The third-order valence-corrected chi connectivity index (χ3v) is 5.71. The highest BCUT2D eigenvalue weighted by Crippen LogP contribution is 2.19. The van der Waals surface area contributed by atoms with E-state index in [1.165, 1.54) is 23.9 Å². The quantitative estimate of drug-likeness (QED) is 0.513. The van der Waals surface area contributed by atoms with Crippen LogP contribution >= 0.6 is 11.8 Å². The van der Waals surface area contributed by atoms with Crippen LogP contribution in [-0.4, -0.2) is 60.2 Å². The van der Waals surface area contributed by atoms with E-state index < -0.39 is 0 Å². The van der Waals surface area contributed by atoms with Crippen LogP contribution in [0.25, 0.3) is 0 Å². The van der Waals surface area contributed by atoms with Crippen molar-refractivity contribution in [2.75, 3.05) is 38.5 Å². The Hall–Kier alpha value is -2.38. The molecule has 1 amide bonds. The molecule has 3 rings (SSSR count). The third kappa shape index (κ3) is 7.18. The first-order chi connectivity index (χ1) is 14.1. The number of ether oxygens (including phenoxy) is 1. The van der Waals surface area contributed by atoms with Gasteiger partial charge in [0, 0.05) is 31.1 Å². The molecule has 0 spiro atoms. The van der Waals surface area contributed by atoms with E-state index in [4.69, 9.17) is 4.74 Å². The van der Waals surface area contributed by atoms with Gasteiger partial charge in [-0.15, -0.1) is 11.8 Å². The van der Waals surface area contributed by atoms with Gasteiger partial charge in [0.2, 0.25) is 5.91 Å². The largest absolute Gasteiger partial charge is 0.460 e. The van der Waals surface area contributed by atoms with Gasteiger partial charge in [0.1, 0.15) is 12.4 Å². The van der Waals surface area contributed by atoms with Gasteiger partial charge in [0.25, 0.3) is 0 Å². The van der Waals surface area contributed by atoms with Gasteiger partial charge in [-0.3, -0.25) is 14.5 Å². The maximum Gasteiger partial charge on any atom is 0.320 e. The summed E-state index contributed by atoms with van der Waals surface area (Å²) < 4.78 is 18.3. The third-order valence-electron chi connectivity index (χ3n) is 4.71. The van der Waals surface area contributed by atoms with Crippen LogP contribution in [0.2, 0.25) is 0 Å². The lowest BCUT2D eigenvalue weighted by molar-refractivity contribution is -0.146. The molecule has 1 saturated heterocycles. The van der Waals surface area contributed by atoms with E-state index in [1.54, 1.807) is 12.1 Å². The lowest BCUT2D eigenvalue weighted by Gasteiger charge is -2.21. The number of nitrogens with zero attached hydrogens (tertiary/aromatic N) is 2. The molecule has 0 bridgehead atoms. The SMILES string of the molecule is O=C(CN1CCCN(C(=O)CSc2ccc(F)cc2)CC1)OCc1ccccc1. The molecule has 2 aromatic rings. The summed E-state index contributed by atoms with van der Waals surface area (Å²) in [6.07, 6.45) is 0.818. The fourth-order valence-corrected chi connectivity index (χ4v) is 3.91. The van der Waals surface area contributed by atoms with E-state index in [-0.39, 0.29) is 30.8 Å². The number of amides is 1. The van der Waals surface area contributed by atoms with Gasteiger partial charge in [-0.05, 0) is 36.2 Å². The van der Waals surface area contributed by atoms with Gasteiger partial charge in [-0.25, -0.2) is 4.39 Å². The van der Waals surface area contributed by atoms with Crippen molar-refractivity contribution in [3.63, 3.8) is 0 Å². The smallest absolute Gasteiger partial charge is 0.320 e. The second kappa shape index (κ2) is 11.0. The minimum atomic E-state index is -0.282. The molecule has 0 radical (unpaired) electrons. The summed E-state index contributed by atoms with van der Waals surface area (Å²) in [6.45, 7) is 3.19. The molecule has 1 heterocycles. The molecular formula is C22H25FN2O3S. The van der Waals surface area contributed by atoms with Gasteiger partial charge in [0.05, 0.1) is 12.3 Å². The lowest BCUT2D eigenvalue weighted by Crippen LogP contribution is -2.37. The Morgan fingerprint density at radius 1 is 0.966 bits per heavy atom. The molecule has 0 unspecified atom stereocenters. The van der Waals surface area contributed by atoms with Crippen LogP contribution in [0.5, 0.6) is 0 Å². The summed E-state index contributed by atoms with van der Waals surface area (Å²) in [5, 5.41) is 0. The normalized spacial score (nSPS) is 15.0. The number of carbonyl (C=O) groups excluding carboxylic acids is 2. The molecule has 0 N–H and O–H groups in total. The summed E-state index contributed by atoms with van der Waals surface area (Å²) in [7, 11) is 0. The van der Waals surface area contributed by atoms with Crippen molar-refractivity contribution >= 4 is 23.6 Å². The van der Waals surface area contributed by atoms with Crippen molar-refractivity contribution in [3.8, 4) is 0 Å². The summed E-state index contributed by atoms with van der Waals surface area (Å²) in [6, 6.07) is 15.8. The van der Waals surface area contributed by atoms with Crippen LogP contribution in [0.1, 0.15) is 12.0 Å². The number of hydrogen-bond donors (Lipinski definition) is 0. The zero-order valence-electron chi connectivity index (χ0n) is 16.3. The number of benzene rings is 2. The van der Waals surface area contributed by atoms with Gasteiger partial charge < -0.3 is 9.64 Å². The molecule has 1 aliphatic rings. The number of thioether (sulfide) groups is 1. The summed E-state index contributed by atoms with van der Waals surface area (Å²) in [4.78, 5) is 29.4. The van der Waals surface area contributed by atoms with Crippen molar-refractivity contribution in [1.29, 1.82) is 0 Å². The van der Waals surface area contributed by atoms with E-state index in [0.29, 0.717) is 25.4 Å². The zero-order valence-corrected chi connectivity index (χ0v) is 17.1. The first-order valence-electron chi connectivity index (χ1n) is 9.68. The van der Waals surface area contributed by atoms with Gasteiger partial charge >= 0.3 is 5.97 Å². The predicted octanol–water partition coefficient (Wildman–Crippen LogP) is 3.20. The first-order valence-corrected chi connectivity index (χ1v) is 10.7. The Balaban J connectivity index is 1.39. The summed E-state index contributed by atoms with van der Waals surface area (Å²) >= 11 is 1.41. The average molecular weight is 417 g/mol. The standard InChI is InChI=1S/C22H25FN2O3S/c23-19-7-9-20(10-8-19)29-17-21(26)25-12-4-11-24(13-14-25)15-22(27)28-16-18-5-2-1-3-6-18/h1-3,5-10H,4,11-17H2. The maximum absolute atomic E-state index is 13.0. The molecule has 1 aliphatic heterocycles. The molecular weight excluding hydrogens is 391 g/mol. The van der Waals surface area contributed by atoms with E-state index in [1.807, 2.05) is 40.1 Å². The van der Waals surface area contributed by atoms with E-state index >= 15 is 0 Å². The van der Waals surface area contributed by atoms with Crippen LogP contribution in [0.4, 0.5) is 4.39 Å². The maximum atomic E-state index is 13.0. The van der Waals surface area contributed by atoms with Crippen LogP contribution in [0, 0.1) is 5.82 Å². The number of esters is 1. The van der Waals surface area contributed by atoms with Crippen LogP contribution in [0.15, 0.2) is 59.5 Å². The van der Waals surface area contributed by atoms with Gasteiger partial charge in [-0.1, -0.05) is 30.3 Å². The molecule has 0 atom stereocenters. The molecule has 1 fully saturated rings. The minimum Gasteiger partial charge on any atom is -0.460 e. The van der Waals surface area contributed by atoms with Crippen LogP contribution < -0.4 is 0 Å². The molecule has 0 aliphatic carbocycles. The molecule has 154 valence electrons. The Bertz CT molecular complexity index is 801. The number of carbonyl (C=O) groups is 2. The highest BCUT2D eigenvalue weighted by atomic mass is 32.2. The Kier molecular flexibility index (Phi) is 8.07. The van der Waals surface area contributed by atoms with Crippen molar-refractivity contribution in [2.24, 2.45) is 0 Å². The van der Waals surface area contributed by atoms with Crippen LogP contribution in [0.3, 0.4) is 0 Å². The molecule has 7 heteroatoms. The lowest BCUT2D eigenvalue weighted by atomic mass is 10.2. The first kappa shape index (κ1) is 21.3. The fourth-order valence-electron chi connectivity index (χ4n) is 3.11. The van der Waals surface area contributed by atoms with Gasteiger partial charge in [-0.2, -0.15) is 0 Å². The summed E-state index contributed by atoms with van der Waals surface area (Å²) in [5.74, 6) is -0.144. The van der Waals surface area contributed by atoms with Crippen molar-refractivity contribution < 1.29 is 18.7 Å². The molecule has 0 aromatic heterocycles. The Labute approximate surface area is 174 Å². The highest BCUT2D eigenvalue weighted by molar-refractivity contribution is 8.00. The second-order valence-electron chi connectivity index (χ2n) is 6.90. The monoisotopic (exact) mass is 416 g/mol. The average Bonchev–Trinajstić information content (AvgIpc) is 2.98. The topological polar surface area (TPSA) is 49.9 Å². The number of halogens is 1. The van der Waals surface area contributed by atoms with Crippen molar-refractivity contribution in [1.82, 2.24) is 9.80 Å². The van der Waals surface area contributed by atoms with Gasteiger partial charge in [0.15, 0.2) is 0 Å². The van der Waals surface area contributed by atoms with Crippen molar-refractivity contribution in [2.45, 2.75) is 17.9 Å². The minimum absolute atomic E-state index is 0.0628. The molecule has 29 heavy (non-hydrogen) atoms. The predicted molar refractivity (Wildman–Crippen MR) is 111 cm³/mol. The number of rotatable bonds is 7. The van der Waals surface area contributed by atoms with Crippen LogP contribution in [-0.2, 0) is 20.9 Å². The molecule has 2 aromatic carbocycles.